The maximum absolute atomic E-state index is 8.70. The minimum atomic E-state index is -2.87. The van der Waals surface area contributed by atoms with Gasteiger partial charge in [-0.1, -0.05) is 18.2 Å². The van der Waals surface area contributed by atoms with Gasteiger partial charge >= 0.3 is 37.8 Å². The molecular weight excluding hydrogens is 210 g/mol. The van der Waals surface area contributed by atoms with Gasteiger partial charge in [-0.25, -0.2) is 0 Å². The molecule has 1 aromatic rings. The van der Waals surface area contributed by atoms with E-state index in [2.05, 4.69) is 13.5 Å². The van der Waals surface area contributed by atoms with E-state index in [-0.39, 0.29) is 29.6 Å². The second-order valence-corrected chi connectivity index (χ2v) is 2.70. The summed E-state index contributed by atoms with van der Waals surface area (Å²) in [6.45, 7) is 7.40. The minimum absolute atomic E-state index is 0. The van der Waals surface area contributed by atoms with Crippen LogP contribution >= 0.6 is 8.25 Å². The van der Waals surface area contributed by atoms with Crippen molar-refractivity contribution in [2.75, 3.05) is 0 Å². The zero-order valence-electron chi connectivity index (χ0n) is 8.05. The van der Waals surface area contributed by atoms with Crippen LogP contribution in [-0.4, -0.2) is 9.79 Å². The van der Waals surface area contributed by atoms with Gasteiger partial charge in [0.2, 0.25) is 0 Å². The maximum atomic E-state index is 8.70. The van der Waals surface area contributed by atoms with Crippen molar-refractivity contribution in [1.82, 2.24) is 0 Å². The molecule has 0 saturated carbocycles. The summed E-state index contributed by atoms with van der Waals surface area (Å²) in [5.74, 6) is 0. The van der Waals surface area contributed by atoms with E-state index >= 15 is 0 Å². The van der Waals surface area contributed by atoms with E-state index in [1.165, 1.54) is 0 Å². The normalized spacial score (nSPS) is 7.57. The zero-order chi connectivity index (χ0) is 10.3. The maximum Gasteiger partial charge on any atom is 1.00 e. The summed E-state index contributed by atoms with van der Waals surface area (Å²) in [4.78, 5) is 14.2. The summed E-state index contributed by atoms with van der Waals surface area (Å²) >= 11 is 0. The first-order valence-corrected chi connectivity index (χ1v) is 4.62. The summed E-state index contributed by atoms with van der Waals surface area (Å²) in [7, 11) is -2.87. The second kappa shape index (κ2) is 9.41. The zero-order valence-corrected chi connectivity index (χ0v) is 10.9. The number of benzene rings is 1. The Hall–Kier alpha value is -0.150. The average Bonchev–Trinajstić information content (AvgIpc) is 2.05. The van der Waals surface area contributed by atoms with Crippen molar-refractivity contribution in [3.05, 3.63) is 48.9 Å². The van der Waals surface area contributed by atoms with Gasteiger partial charge in [0.15, 0.2) is 0 Å². The van der Waals surface area contributed by atoms with Gasteiger partial charge in [0.05, 0.1) is 0 Å². The monoisotopic (exact) mass is 221 g/mol. The predicted octanol–water partition coefficient (Wildman–Crippen LogP) is -0.856. The number of rotatable bonds is 1. The first kappa shape index (κ1) is 16.3. The van der Waals surface area contributed by atoms with Crippen LogP contribution in [-0.2, 0) is 4.57 Å². The van der Waals surface area contributed by atoms with Gasteiger partial charge in [0, 0.05) is 4.57 Å². The molecule has 0 heterocycles. The molecule has 70 valence electrons. The van der Waals surface area contributed by atoms with E-state index < -0.39 is 8.25 Å². The third-order valence-corrected chi connectivity index (χ3v) is 1.22. The molecule has 0 atom stereocenters. The minimum Gasteiger partial charge on any atom is -0.199 e. The molecule has 0 aliphatic heterocycles. The van der Waals surface area contributed by atoms with E-state index in [9.17, 15) is 0 Å². The Morgan fingerprint density at radius 2 is 1.64 bits per heavy atom. The van der Waals surface area contributed by atoms with E-state index in [0.717, 1.165) is 11.1 Å². The van der Waals surface area contributed by atoms with Crippen LogP contribution in [0, 0.1) is 6.92 Å². The first-order valence-electron chi connectivity index (χ1n) is 3.45. The van der Waals surface area contributed by atoms with Crippen molar-refractivity contribution >= 4 is 14.3 Å². The molecule has 1 rings (SSSR count). The molecule has 3 nitrogen and oxygen atoms in total. The molecular formula is C9H11NaO3P+. The van der Waals surface area contributed by atoms with E-state index in [1.807, 2.05) is 30.3 Å². The topological polar surface area (TPSA) is 57.5 Å². The number of hydrogen-bond acceptors (Lipinski definition) is 1. The smallest absolute Gasteiger partial charge is 0.199 e. The van der Waals surface area contributed by atoms with Crippen LogP contribution in [0.15, 0.2) is 30.8 Å². The summed E-state index contributed by atoms with van der Waals surface area (Å²) in [6, 6.07) is 7.93. The van der Waals surface area contributed by atoms with Gasteiger partial charge < -0.3 is 0 Å². The molecule has 0 aliphatic carbocycles. The third-order valence-electron chi connectivity index (χ3n) is 1.22. The molecule has 2 N–H and O–H groups in total. The molecule has 0 spiro atoms. The van der Waals surface area contributed by atoms with Crippen LogP contribution in [0.2, 0.25) is 0 Å². The predicted molar refractivity (Wildman–Crippen MR) is 53.0 cm³/mol. The fraction of sp³-hybridized carbons (Fsp3) is 0. The SMILES string of the molecule is C=Cc1ccc([CH2-])cc1.O=[P+](O)O.[Na+]. The van der Waals surface area contributed by atoms with Gasteiger partial charge in [-0.15, -0.1) is 21.9 Å². The van der Waals surface area contributed by atoms with Crippen LogP contribution in [0.1, 0.15) is 11.1 Å². The molecule has 14 heavy (non-hydrogen) atoms. The van der Waals surface area contributed by atoms with Crippen molar-refractivity contribution < 1.29 is 43.9 Å². The molecule has 0 radical (unpaired) electrons. The Morgan fingerprint density at radius 3 is 1.93 bits per heavy atom. The van der Waals surface area contributed by atoms with Gasteiger partial charge in [0.25, 0.3) is 0 Å². The van der Waals surface area contributed by atoms with Gasteiger partial charge in [0.1, 0.15) is 0 Å². The summed E-state index contributed by atoms with van der Waals surface area (Å²) in [5.41, 5.74) is 2.18. The van der Waals surface area contributed by atoms with Crippen LogP contribution < -0.4 is 29.6 Å². The molecule has 0 bridgehead atoms. The van der Waals surface area contributed by atoms with Crippen LogP contribution in [0.25, 0.3) is 6.08 Å². The standard InChI is InChI=1S/C9H9.Na.HO3P/c1-3-9-6-4-8(2)5-7-9;;1-4(2)3/h3-7H,1-2H2;;(H-,1,2,3)/q-1;+1;/p+1. The van der Waals surface area contributed by atoms with Crippen LogP contribution in [0.4, 0.5) is 0 Å². The third kappa shape index (κ3) is 9.93. The molecule has 1 aromatic carbocycles. The number of hydrogen-bond donors (Lipinski definition) is 2. The molecule has 0 unspecified atom stereocenters. The molecule has 0 amide bonds. The van der Waals surface area contributed by atoms with Crippen LogP contribution in [0.5, 0.6) is 0 Å². The molecule has 0 aliphatic rings. The van der Waals surface area contributed by atoms with Crippen molar-refractivity contribution in [2.24, 2.45) is 0 Å². The largest absolute Gasteiger partial charge is 1.00 e. The Kier molecular flexibility index (Phi) is 10.9. The fourth-order valence-corrected chi connectivity index (χ4v) is 0.654. The van der Waals surface area contributed by atoms with Crippen molar-refractivity contribution in [3.63, 3.8) is 0 Å². The van der Waals surface area contributed by atoms with E-state index in [1.54, 1.807) is 0 Å². The van der Waals surface area contributed by atoms with Crippen molar-refractivity contribution in [3.8, 4) is 0 Å². The molecule has 0 fully saturated rings. The Bertz CT molecular complexity index is 281. The average molecular weight is 221 g/mol. The molecule has 0 saturated heterocycles. The Morgan fingerprint density at radius 1 is 1.29 bits per heavy atom. The second-order valence-electron chi connectivity index (χ2n) is 2.20. The van der Waals surface area contributed by atoms with Gasteiger partial charge in [-0.05, 0) is 0 Å². The van der Waals surface area contributed by atoms with Gasteiger partial charge in [-0.2, -0.15) is 24.6 Å². The fourth-order valence-electron chi connectivity index (χ4n) is 0.654. The Balaban J connectivity index is 0. The van der Waals surface area contributed by atoms with Gasteiger partial charge in [-0.3, -0.25) is 0 Å². The van der Waals surface area contributed by atoms with E-state index in [4.69, 9.17) is 14.4 Å². The summed E-state index contributed by atoms with van der Waals surface area (Å²) in [6.07, 6.45) is 1.82. The Labute approximate surface area is 107 Å². The summed E-state index contributed by atoms with van der Waals surface area (Å²) in [5, 5.41) is 0. The van der Waals surface area contributed by atoms with Crippen molar-refractivity contribution in [1.29, 1.82) is 0 Å². The first-order chi connectivity index (χ1) is 6.06. The molecule has 5 heteroatoms. The quantitative estimate of drug-likeness (QED) is 0.369. The van der Waals surface area contributed by atoms with Crippen molar-refractivity contribution in [2.45, 2.75) is 0 Å². The van der Waals surface area contributed by atoms with E-state index in [0.29, 0.717) is 0 Å². The molecule has 0 aromatic heterocycles. The summed E-state index contributed by atoms with van der Waals surface area (Å²) < 4.78 is 8.70. The van der Waals surface area contributed by atoms with Crippen LogP contribution in [0.3, 0.4) is 0 Å².